The second-order valence-corrected chi connectivity index (χ2v) is 3.96. The minimum Gasteiger partial charge on any atom is -0.328 e. The monoisotopic (exact) mass is 278 g/mol. The van der Waals surface area contributed by atoms with Crippen molar-refractivity contribution in [3.8, 4) is 0 Å². The fraction of sp³-hybridized carbons (Fsp3) is 0.200. The molecule has 1 heterocycles. The smallest absolute Gasteiger partial charge is 0.328 e. The molecule has 0 radical (unpaired) electrons. The highest BCUT2D eigenvalue weighted by Gasteiger charge is 2.35. The van der Waals surface area contributed by atoms with E-state index in [-0.39, 0.29) is 12.2 Å². The van der Waals surface area contributed by atoms with Gasteiger partial charge in [-0.15, -0.1) is 0 Å². The second-order valence-electron chi connectivity index (χ2n) is 3.55. The van der Waals surface area contributed by atoms with Crippen LogP contribution in [0.3, 0.4) is 0 Å². The van der Waals surface area contributed by atoms with Gasteiger partial charge in [-0.25, -0.2) is 9.69 Å². The summed E-state index contributed by atoms with van der Waals surface area (Å²) in [6.45, 7) is -0.183. The molecule has 0 atom stereocenters. The van der Waals surface area contributed by atoms with Crippen molar-refractivity contribution in [3.05, 3.63) is 28.8 Å². The number of hydrogen-bond acceptors (Lipinski definition) is 2. The van der Waals surface area contributed by atoms with Gasteiger partial charge in [-0.05, 0) is 18.2 Å². The van der Waals surface area contributed by atoms with Crippen molar-refractivity contribution < 1.29 is 22.8 Å². The molecule has 1 aliphatic rings. The molecular weight excluding hydrogens is 273 g/mol. The second kappa shape index (κ2) is 4.16. The summed E-state index contributed by atoms with van der Waals surface area (Å²) in [7, 11) is 0. The van der Waals surface area contributed by atoms with Gasteiger partial charge in [0.15, 0.2) is 0 Å². The van der Waals surface area contributed by atoms with Gasteiger partial charge < -0.3 is 5.32 Å². The molecule has 1 aromatic carbocycles. The maximum absolute atomic E-state index is 12.5. The molecule has 1 aliphatic heterocycles. The first-order valence-electron chi connectivity index (χ1n) is 4.78. The van der Waals surface area contributed by atoms with Crippen LogP contribution in [0, 0.1) is 0 Å². The number of nitrogens with one attached hydrogen (secondary N) is 1. The molecule has 1 saturated heterocycles. The molecule has 8 heteroatoms. The van der Waals surface area contributed by atoms with Crippen LogP contribution in [0.2, 0.25) is 5.02 Å². The Morgan fingerprint density at radius 1 is 1.28 bits per heavy atom. The average Bonchev–Trinajstić information content (AvgIpc) is 2.56. The minimum atomic E-state index is -4.58. The quantitative estimate of drug-likeness (QED) is 0.802. The molecule has 4 nitrogen and oxygen atoms in total. The predicted molar refractivity (Wildman–Crippen MR) is 57.3 cm³/mol. The molecule has 0 bridgehead atoms. The molecule has 2 rings (SSSR count). The Bertz CT molecular complexity index is 514. The Morgan fingerprint density at radius 2 is 1.94 bits per heavy atom. The zero-order valence-corrected chi connectivity index (χ0v) is 9.47. The van der Waals surface area contributed by atoms with E-state index in [9.17, 15) is 22.8 Å². The first-order valence-corrected chi connectivity index (χ1v) is 5.16. The molecule has 0 unspecified atom stereocenters. The van der Waals surface area contributed by atoms with Gasteiger partial charge >= 0.3 is 12.2 Å². The molecule has 0 spiro atoms. The number of hydrogen-bond donors (Lipinski definition) is 1. The number of alkyl halides is 3. The lowest BCUT2D eigenvalue weighted by Crippen LogP contribution is -2.30. The van der Waals surface area contributed by atoms with Crippen LogP contribution in [0.25, 0.3) is 0 Å². The molecule has 1 aromatic rings. The zero-order valence-electron chi connectivity index (χ0n) is 8.71. The number of urea groups is 1. The molecule has 1 N–H and O–H groups in total. The highest BCUT2D eigenvalue weighted by molar-refractivity contribution is 6.32. The van der Waals surface area contributed by atoms with Gasteiger partial charge in [0.2, 0.25) is 0 Å². The lowest BCUT2D eigenvalue weighted by molar-refractivity contribution is -0.137. The standard InChI is InChI=1S/C10H6ClF3N2O2/c11-7-3-5(1-2-6(7)10(12,13)14)16-8(17)4-15-9(16)18/h1-3H,4H2,(H,15,18). The summed E-state index contributed by atoms with van der Waals surface area (Å²) in [5, 5.41) is 1.69. The number of carbonyl (C=O) groups excluding carboxylic acids is 2. The molecule has 3 amide bonds. The van der Waals surface area contributed by atoms with Crippen LogP contribution in [0.1, 0.15) is 5.56 Å². The van der Waals surface area contributed by atoms with Crippen molar-refractivity contribution >= 4 is 29.2 Å². The first kappa shape index (κ1) is 12.7. The number of rotatable bonds is 1. The Kier molecular flexibility index (Phi) is 2.94. The SMILES string of the molecule is O=C1CNC(=O)N1c1ccc(C(F)(F)F)c(Cl)c1. The average molecular weight is 279 g/mol. The Labute approximate surface area is 104 Å². The van der Waals surface area contributed by atoms with Gasteiger partial charge in [0.25, 0.3) is 5.91 Å². The van der Waals surface area contributed by atoms with Crippen molar-refractivity contribution in [2.45, 2.75) is 6.18 Å². The number of imide groups is 1. The van der Waals surface area contributed by atoms with Crippen molar-refractivity contribution in [3.63, 3.8) is 0 Å². The van der Waals surface area contributed by atoms with Crippen LogP contribution in [0.5, 0.6) is 0 Å². The van der Waals surface area contributed by atoms with E-state index >= 15 is 0 Å². The van der Waals surface area contributed by atoms with Gasteiger partial charge in [0, 0.05) is 0 Å². The zero-order chi connectivity index (χ0) is 13.5. The fourth-order valence-corrected chi connectivity index (χ4v) is 1.84. The third kappa shape index (κ3) is 2.13. The summed E-state index contributed by atoms with van der Waals surface area (Å²) in [6.07, 6.45) is -4.58. The van der Waals surface area contributed by atoms with Gasteiger partial charge in [-0.2, -0.15) is 13.2 Å². The van der Waals surface area contributed by atoms with Crippen molar-refractivity contribution in [2.24, 2.45) is 0 Å². The van der Waals surface area contributed by atoms with Crippen molar-refractivity contribution in [2.75, 3.05) is 11.4 Å². The summed E-state index contributed by atoms with van der Waals surface area (Å²) in [4.78, 5) is 23.4. The number of benzene rings is 1. The Balaban J connectivity index is 2.41. The van der Waals surface area contributed by atoms with Gasteiger partial charge in [0.05, 0.1) is 22.8 Å². The lowest BCUT2D eigenvalue weighted by Gasteiger charge is -2.15. The van der Waals surface area contributed by atoms with Crippen LogP contribution in [-0.2, 0) is 11.0 Å². The molecule has 1 fully saturated rings. The highest BCUT2D eigenvalue weighted by atomic mass is 35.5. The van der Waals surface area contributed by atoms with E-state index in [1.165, 1.54) is 0 Å². The fourth-order valence-electron chi connectivity index (χ4n) is 1.56. The number of halogens is 4. The summed E-state index contributed by atoms with van der Waals surface area (Å²) < 4.78 is 37.4. The van der Waals surface area contributed by atoms with E-state index in [0.29, 0.717) is 0 Å². The van der Waals surface area contributed by atoms with E-state index in [1.807, 2.05) is 0 Å². The first-order chi connectivity index (χ1) is 8.30. The van der Waals surface area contributed by atoms with Crippen molar-refractivity contribution in [1.82, 2.24) is 5.32 Å². The minimum absolute atomic E-state index is 0.00741. The van der Waals surface area contributed by atoms with Crippen LogP contribution in [0.4, 0.5) is 23.7 Å². The third-order valence-electron chi connectivity index (χ3n) is 2.36. The molecule has 18 heavy (non-hydrogen) atoms. The number of amides is 3. The molecule has 0 saturated carbocycles. The number of anilines is 1. The number of carbonyl (C=O) groups is 2. The predicted octanol–water partition coefficient (Wildman–Crippen LogP) is 2.42. The van der Waals surface area contributed by atoms with E-state index in [1.54, 1.807) is 0 Å². The van der Waals surface area contributed by atoms with E-state index < -0.39 is 28.7 Å². The number of nitrogens with zero attached hydrogens (tertiary/aromatic N) is 1. The van der Waals surface area contributed by atoms with E-state index in [2.05, 4.69) is 5.32 Å². The molecule has 0 aromatic heterocycles. The van der Waals surface area contributed by atoms with Crippen LogP contribution in [0.15, 0.2) is 18.2 Å². The third-order valence-corrected chi connectivity index (χ3v) is 2.67. The molecule has 96 valence electrons. The van der Waals surface area contributed by atoms with Gasteiger partial charge in [-0.1, -0.05) is 11.6 Å². The Hall–Kier alpha value is -1.76. The van der Waals surface area contributed by atoms with E-state index in [0.717, 1.165) is 23.1 Å². The largest absolute Gasteiger partial charge is 0.417 e. The maximum atomic E-state index is 12.5. The summed E-state index contributed by atoms with van der Waals surface area (Å²) in [5.41, 5.74) is -1.01. The molecular formula is C10H6ClF3N2O2. The molecule has 0 aliphatic carbocycles. The van der Waals surface area contributed by atoms with Crippen LogP contribution < -0.4 is 10.2 Å². The summed E-state index contributed by atoms with van der Waals surface area (Å²) in [6, 6.07) is 2.01. The topological polar surface area (TPSA) is 49.4 Å². The lowest BCUT2D eigenvalue weighted by atomic mass is 10.2. The van der Waals surface area contributed by atoms with E-state index in [4.69, 9.17) is 11.6 Å². The summed E-state index contributed by atoms with van der Waals surface area (Å²) >= 11 is 5.50. The summed E-state index contributed by atoms with van der Waals surface area (Å²) in [5.74, 6) is -0.546. The van der Waals surface area contributed by atoms with Crippen LogP contribution in [-0.4, -0.2) is 18.5 Å². The maximum Gasteiger partial charge on any atom is 0.417 e. The normalized spacial score (nSPS) is 16.1. The van der Waals surface area contributed by atoms with Gasteiger partial charge in [-0.3, -0.25) is 4.79 Å². The highest BCUT2D eigenvalue weighted by Crippen LogP contribution is 2.36. The Morgan fingerprint density at radius 3 is 2.39 bits per heavy atom. The van der Waals surface area contributed by atoms with Crippen molar-refractivity contribution in [1.29, 1.82) is 0 Å². The van der Waals surface area contributed by atoms with Crippen LogP contribution >= 0.6 is 11.6 Å². The van der Waals surface area contributed by atoms with Gasteiger partial charge in [0.1, 0.15) is 0 Å².